The Hall–Kier alpha value is -8.86. The topological polar surface area (TPSA) is 0 Å². The number of allylic oxidation sites excluding steroid dienone is 1. The van der Waals surface area contributed by atoms with Crippen molar-refractivity contribution in [2.45, 2.75) is 183 Å². The van der Waals surface area contributed by atoms with Crippen LogP contribution in [0.3, 0.4) is 0 Å². The van der Waals surface area contributed by atoms with Crippen LogP contribution in [0.4, 0.5) is 0 Å². The van der Waals surface area contributed by atoms with Crippen LogP contribution in [0.25, 0.3) is 6.08 Å². The fourth-order valence-corrected chi connectivity index (χ4v) is 47.3. The standard InChI is InChI=1S/C24H20P.C22H24P.2C21H20P.C21H36P.C16H36P/c1-5-13-21(14-6-1)25(22-15-7-2-8-16-22,23-17-9-3-10-18-23)24-19-11-4-12-20-24;1-2-3-19-23(20-13-7-4-8-14-20,21-15-9-5-10-16-21)22-17-11-6-12-18-22;1-4-10-18(11-5-1)22(21-16-17-21,19-12-6-2-7-13-19)20-14-8-3-9-15-20;1-2-18-22(19-12-6-3-7-13-19,20-14-8-4-9-15-20)21-16-10-5-11-17-21;1-5-9-16-22(17-10-6-2,18-11-7-3)19-21-14-12-20(8-4)13-15-21;1-5-9-13-17(14-10-6-2,15-11-7-3)16-12-8-4/h1-20H;4-18H,2-3,19H2,1H3;1-15,21H,16-17H2;2-17H,1,18H2;8,12-15H,4-7,9-11,16-19H2,1-3H3;5-16H2,1-4H3/q6*+1. The van der Waals surface area contributed by atoms with Crippen molar-refractivity contribution < 1.29 is 0 Å². The van der Waals surface area contributed by atoms with Gasteiger partial charge < -0.3 is 0 Å². The molecule has 0 amide bonds. The van der Waals surface area contributed by atoms with Crippen molar-refractivity contribution in [3.63, 3.8) is 0 Å². The van der Waals surface area contributed by atoms with Gasteiger partial charge in [0.05, 0.1) is 67.3 Å². The van der Waals surface area contributed by atoms with Crippen LogP contribution < -0.4 is 69.0 Å². The highest BCUT2D eigenvalue weighted by atomic mass is 31.2. The number of benzene rings is 14. The highest BCUT2D eigenvalue weighted by molar-refractivity contribution is 8.01. The van der Waals surface area contributed by atoms with Gasteiger partial charge in [0.25, 0.3) is 0 Å². The minimum absolute atomic E-state index is 0.562. The van der Waals surface area contributed by atoms with Gasteiger partial charge in [-0.25, -0.2) is 0 Å². The lowest BCUT2D eigenvalue weighted by Gasteiger charge is -2.28. The molecule has 1 fully saturated rings. The molecule has 0 radical (unpaired) electrons. The Morgan fingerprint density at radius 2 is 0.420 bits per heavy atom. The van der Waals surface area contributed by atoms with Gasteiger partial charge in [-0.1, -0.05) is 393 Å². The molecule has 131 heavy (non-hydrogen) atoms. The number of rotatable bonds is 43. The normalized spacial score (nSPS) is 12.0. The summed E-state index contributed by atoms with van der Waals surface area (Å²) in [5.41, 5.74) is 3.60. The Kier molecular flexibility index (Phi) is 45.9. The molecule has 0 bridgehead atoms. The second-order valence-electron chi connectivity index (χ2n) is 35.5. The molecule has 1 aliphatic carbocycles. The maximum atomic E-state index is 4.05. The van der Waals surface area contributed by atoms with E-state index in [1.165, 1.54) is 221 Å². The van der Waals surface area contributed by atoms with E-state index >= 15 is 0 Å². The van der Waals surface area contributed by atoms with Crippen molar-refractivity contribution in [2.75, 3.05) is 55.5 Å². The van der Waals surface area contributed by atoms with E-state index in [2.05, 4.69) is 493 Å². The lowest BCUT2D eigenvalue weighted by molar-refractivity contribution is 0.814. The summed E-state index contributed by atoms with van der Waals surface area (Å²) >= 11 is 0. The van der Waals surface area contributed by atoms with Gasteiger partial charge in [-0.2, -0.15) is 0 Å². The fraction of sp³-hybridized carbons (Fsp3) is 0.296. The third kappa shape index (κ3) is 29.1. The molecular formula is C125H156P6+6. The predicted octanol–water partition coefficient (Wildman–Crippen LogP) is 30.8. The smallest absolute Gasteiger partial charge is 0.0995 e. The Morgan fingerprint density at radius 1 is 0.221 bits per heavy atom. The molecule has 0 saturated heterocycles. The van der Waals surface area contributed by atoms with E-state index in [-0.39, 0.29) is 0 Å². The van der Waals surface area contributed by atoms with Gasteiger partial charge in [0.1, 0.15) is 98.0 Å². The van der Waals surface area contributed by atoms with Crippen molar-refractivity contribution in [2.24, 2.45) is 0 Å². The van der Waals surface area contributed by atoms with Gasteiger partial charge in [-0.05, 0) is 233 Å². The SMILES string of the molecule is C=CC[P+](c1ccccc1)(c1ccccc1)c1ccccc1.C=Cc1ccc(C[P+](CCCC)(CCCC)CCCC)cc1.CCCC[P+](CCCC)(CCCC)CCCC.CCCC[P+](c1ccccc1)(c1ccccc1)c1ccccc1.c1ccc([P+](c2ccccc2)(c2ccccc2)C2CC2)cc1.c1ccc([P+](c2ccccc2)(c2ccccc2)c2ccccc2)cc1. The lowest BCUT2D eigenvalue weighted by Crippen LogP contribution is -2.38. The second kappa shape index (κ2) is 57.7. The predicted molar refractivity (Wildman–Crippen MR) is 607 cm³/mol. The molecule has 0 aliphatic heterocycles. The second-order valence-corrected chi connectivity index (χ2v) is 58.6. The van der Waals surface area contributed by atoms with Crippen molar-refractivity contribution in [3.8, 4) is 0 Å². The van der Waals surface area contributed by atoms with Crippen LogP contribution in [0.5, 0.6) is 0 Å². The Bertz CT molecular complexity index is 4790. The zero-order chi connectivity index (χ0) is 92.2. The molecule has 0 N–H and O–H groups in total. The highest BCUT2D eigenvalue weighted by Crippen LogP contribution is 2.68. The summed E-state index contributed by atoms with van der Waals surface area (Å²) in [4.78, 5) is 0. The van der Waals surface area contributed by atoms with Crippen LogP contribution in [-0.2, 0) is 6.16 Å². The van der Waals surface area contributed by atoms with Crippen molar-refractivity contribution >= 4 is 119 Å². The lowest BCUT2D eigenvalue weighted by atomic mass is 10.1. The van der Waals surface area contributed by atoms with E-state index in [1.807, 2.05) is 6.08 Å². The van der Waals surface area contributed by atoms with Crippen molar-refractivity contribution in [1.29, 1.82) is 0 Å². The molecule has 1 saturated carbocycles. The van der Waals surface area contributed by atoms with E-state index in [0.717, 1.165) is 11.8 Å². The molecule has 0 atom stereocenters. The largest absolute Gasteiger partial charge is 0.144 e. The van der Waals surface area contributed by atoms with Crippen molar-refractivity contribution in [3.05, 3.63) is 449 Å². The zero-order valence-corrected chi connectivity index (χ0v) is 86.3. The minimum Gasteiger partial charge on any atom is -0.0995 e. The highest BCUT2D eigenvalue weighted by Gasteiger charge is 2.57. The van der Waals surface area contributed by atoms with Crippen LogP contribution in [0.2, 0.25) is 0 Å². The molecular weight excluding hydrogens is 1690 g/mol. The molecule has 0 aromatic heterocycles. The Morgan fingerprint density at radius 3 is 0.626 bits per heavy atom. The van der Waals surface area contributed by atoms with E-state index in [9.17, 15) is 0 Å². The Labute approximate surface area is 799 Å². The molecule has 0 heterocycles. The van der Waals surface area contributed by atoms with E-state index in [1.54, 1.807) is 30.2 Å². The van der Waals surface area contributed by atoms with Gasteiger partial charge in [0.15, 0.2) is 0 Å². The zero-order valence-electron chi connectivity index (χ0n) is 81.0. The average molecular weight is 1840 g/mol. The van der Waals surface area contributed by atoms with Crippen LogP contribution in [0, 0.1) is 0 Å². The quantitative estimate of drug-likeness (QED) is 0.0264. The molecule has 0 spiro atoms. The molecule has 680 valence electrons. The van der Waals surface area contributed by atoms with Crippen LogP contribution >= 0.6 is 43.6 Å². The number of hydrogen-bond acceptors (Lipinski definition) is 0. The summed E-state index contributed by atoms with van der Waals surface area (Å²) in [6, 6.07) is 153. The van der Waals surface area contributed by atoms with E-state index < -0.39 is 43.6 Å². The third-order valence-corrected chi connectivity index (χ3v) is 54.2. The molecule has 15 rings (SSSR count). The summed E-state index contributed by atoms with van der Waals surface area (Å²) in [7, 11) is -8.04. The first-order chi connectivity index (χ1) is 64.5. The van der Waals surface area contributed by atoms with Crippen LogP contribution in [0.15, 0.2) is 438 Å². The number of hydrogen-bond donors (Lipinski definition) is 0. The van der Waals surface area contributed by atoms with Crippen LogP contribution in [0.1, 0.15) is 182 Å². The van der Waals surface area contributed by atoms with Gasteiger partial charge in [-0.15, -0.1) is 0 Å². The van der Waals surface area contributed by atoms with Crippen LogP contribution in [-0.4, -0.2) is 61.1 Å². The molecule has 6 heteroatoms. The summed E-state index contributed by atoms with van der Waals surface area (Å²) in [6.07, 6.45) is 43.5. The first-order valence-corrected chi connectivity index (χ1v) is 62.5. The summed E-state index contributed by atoms with van der Waals surface area (Å²) < 4.78 is 0. The molecule has 14 aromatic rings. The monoisotopic (exact) mass is 1840 g/mol. The molecule has 14 aromatic carbocycles. The van der Waals surface area contributed by atoms with E-state index in [0.29, 0.717) is 0 Å². The van der Waals surface area contributed by atoms with Gasteiger partial charge in [0.2, 0.25) is 0 Å². The first kappa shape index (κ1) is 104. The van der Waals surface area contributed by atoms with Crippen molar-refractivity contribution in [1.82, 2.24) is 0 Å². The van der Waals surface area contributed by atoms with Gasteiger partial charge in [-0.3, -0.25) is 0 Å². The summed E-state index contributed by atoms with van der Waals surface area (Å²) in [6.45, 7) is 26.6. The van der Waals surface area contributed by atoms with Gasteiger partial charge >= 0.3 is 0 Å². The summed E-state index contributed by atoms with van der Waals surface area (Å²) in [5.74, 6) is 0. The number of unbranched alkanes of at least 4 members (excludes halogenated alkanes) is 8. The third-order valence-electron chi connectivity index (χ3n) is 26.2. The molecule has 0 nitrogen and oxygen atoms in total. The molecule has 1 aliphatic rings. The first-order valence-electron chi connectivity index (χ1n) is 49.8. The minimum atomic E-state index is -1.91. The van der Waals surface area contributed by atoms with E-state index in [4.69, 9.17) is 0 Å². The Balaban J connectivity index is 0.000000164. The maximum absolute atomic E-state index is 4.05. The fourth-order valence-electron chi connectivity index (χ4n) is 19.2. The average Bonchev–Trinajstić information content (AvgIpc) is 1.70. The summed E-state index contributed by atoms with van der Waals surface area (Å²) in [5, 5.41) is 18.8. The van der Waals surface area contributed by atoms with Gasteiger partial charge in [0, 0.05) is 14.5 Å². The molecule has 0 unspecified atom stereocenters. The maximum Gasteiger partial charge on any atom is 0.144 e.